The first kappa shape index (κ1) is 21.0. The van der Waals surface area contributed by atoms with Gasteiger partial charge in [-0.3, -0.25) is 4.79 Å². The van der Waals surface area contributed by atoms with Crippen molar-refractivity contribution in [3.8, 4) is 11.5 Å². The standard InChI is InChI=1S/C23H26N2O3S/c1-4-25(15-17-10-12-20(28-5-2)21(14-17)27-3)23(26)16-29-22-13-11-18-8-6-7-9-19(18)24-22/h6-14H,4-5,15-16H2,1-3H3. The lowest BCUT2D eigenvalue weighted by Crippen LogP contribution is -2.31. The van der Waals surface area contributed by atoms with Crippen LogP contribution in [0.4, 0.5) is 0 Å². The number of carbonyl (C=O) groups excluding carboxylic acids is 1. The van der Waals surface area contributed by atoms with Gasteiger partial charge < -0.3 is 14.4 Å². The quantitative estimate of drug-likeness (QED) is 0.475. The second kappa shape index (κ2) is 10.2. The number of hydrogen-bond acceptors (Lipinski definition) is 5. The molecule has 0 N–H and O–H groups in total. The number of pyridine rings is 1. The summed E-state index contributed by atoms with van der Waals surface area (Å²) in [5.74, 6) is 1.84. The van der Waals surface area contributed by atoms with E-state index < -0.39 is 0 Å². The third kappa shape index (κ3) is 5.41. The van der Waals surface area contributed by atoms with Gasteiger partial charge in [-0.15, -0.1) is 0 Å². The van der Waals surface area contributed by atoms with Gasteiger partial charge in [-0.05, 0) is 43.7 Å². The molecule has 0 unspecified atom stereocenters. The van der Waals surface area contributed by atoms with Crippen molar-refractivity contribution in [3.05, 3.63) is 60.2 Å². The molecule has 2 aromatic carbocycles. The van der Waals surface area contributed by atoms with Gasteiger partial charge in [0.1, 0.15) is 0 Å². The molecule has 3 rings (SSSR count). The molecule has 1 heterocycles. The first-order valence-electron chi connectivity index (χ1n) is 9.70. The van der Waals surface area contributed by atoms with Gasteiger partial charge in [0.25, 0.3) is 0 Å². The molecule has 0 saturated carbocycles. The molecule has 29 heavy (non-hydrogen) atoms. The van der Waals surface area contributed by atoms with Crippen LogP contribution < -0.4 is 9.47 Å². The lowest BCUT2D eigenvalue weighted by molar-refractivity contribution is -0.128. The smallest absolute Gasteiger partial charge is 0.233 e. The summed E-state index contributed by atoms with van der Waals surface area (Å²) in [4.78, 5) is 19.2. The summed E-state index contributed by atoms with van der Waals surface area (Å²) in [6.45, 7) is 5.68. The van der Waals surface area contributed by atoms with Crippen LogP contribution in [0.25, 0.3) is 10.9 Å². The number of amides is 1. The Balaban J connectivity index is 1.63. The summed E-state index contributed by atoms with van der Waals surface area (Å²) >= 11 is 1.47. The largest absolute Gasteiger partial charge is 0.493 e. The average Bonchev–Trinajstić information content (AvgIpc) is 2.76. The first-order valence-corrected chi connectivity index (χ1v) is 10.7. The molecule has 152 valence electrons. The predicted molar refractivity (Wildman–Crippen MR) is 118 cm³/mol. The minimum absolute atomic E-state index is 0.0836. The average molecular weight is 411 g/mol. The number of thioether (sulfide) groups is 1. The zero-order valence-electron chi connectivity index (χ0n) is 17.1. The van der Waals surface area contributed by atoms with E-state index in [1.165, 1.54) is 11.8 Å². The van der Waals surface area contributed by atoms with Gasteiger partial charge in [-0.2, -0.15) is 0 Å². The second-order valence-electron chi connectivity index (χ2n) is 6.46. The van der Waals surface area contributed by atoms with E-state index in [1.54, 1.807) is 7.11 Å². The minimum atomic E-state index is 0.0836. The van der Waals surface area contributed by atoms with E-state index in [-0.39, 0.29) is 5.91 Å². The molecule has 0 aliphatic carbocycles. The molecule has 5 nitrogen and oxygen atoms in total. The number of aromatic nitrogens is 1. The summed E-state index contributed by atoms with van der Waals surface area (Å²) in [5, 5.41) is 1.96. The third-order valence-corrected chi connectivity index (χ3v) is 5.47. The van der Waals surface area contributed by atoms with E-state index in [9.17, 15) is 4.79 Å². The third-order valence-electron chi connectivity index (χ3n) is 4.55. The van der Waals surface area contributed by atoms with Crippen LogP contribution in [-0.2, 0) is 11.3 Å². The van der Waals surface area contributed by atoms with Crippen LogP contribution in [0.5, 0.6) is 11.5 Å². The second-order valence-corrected chi connectivity index (χ2v) is 7.45. The van der Waals surface area contributed by atoms with Crippen molar-refractivity contribution in [2.45, 2.75) is 25.4 Å². The summed E-state index contributed by atoms with van der Waals surface area (Å²) in [6, 6.07) is 17.8. The molecule has 1 aromatic heterocycles. The Kier molecular flexibility index (Phi) is 7.36. The lowest BCUT2D eigenvalue weighted by Gasteiger charge is -2.21. The summed E-state index contributed by atoms with van der Waals surface area (Å²) < 4.78 is 11.0. The number of ether oxygens (including phenoxy) is 2. The van der Waals surface area contributed by atoms with E-state index in [4.69, 9.17) is 9.47 Å². The number of methoxy groups -OCH3 is 1. The molecule has 0 fully saturated rings. The van der Waals surface area contributed by atoms with Crippen LogP contribution in [-0.4, -0.2) is 41.8 Å². The van der Waals surface area contributed by atoms with Crippen molar-refractivity contribution in [1.82, 2.24) is 9.88 Å². The van der Waals surface area contributed by atoms with E-state index in [2.05, 4.69) is 4.98 Å². The first-order chi connectivity index (χ1) is 14.1. The molecule has 3 aromatic rings. The number of para-hydroxylation sites is 1. The summed E-state index contributed by atoms with van der Waals surface area (Å²) in [6.07, 6.45) is 0. The van der Waals surface area contributed by atoms with Gasteiger partial charge in [0.05, 0.1) is 30.0 Å². The topological polar surface area (TPSA) is 51.7 Å². The zero-order chi connectivity index (χ0) is 20.6. The van der Waals surface area contributed by atoms with Crippen LogP contribution in [0.2, 0.25) is 0 Å². The van der Waals surface area contributed by atoms with Gasteiger partial charge in [0, 0.05) is 18.5 Å². The van der Waals surface area contributed by atoms with Crippen molar-refractivity contribution in [2.75, 3.05) is 26.0 Å². The number of fused-ring (bicyclic) bond motifs is 1. The van der Waals surface area contributed by atoms with Gasteiger partial charge in [-0.1, -0.05) is 42.1 Å². The fourth-order valence-electron chi connectivity index (χ4n) is 3.04. The summed E-state index contributed by atoms with van der Waals surface area (Å²) in [7, 11) is 1.62. The molecule has 0 atom stereocenters. The highest BCUT2D eigenvalue weighted by molar-refractivity contribution is 7.99. The maximum absolute atomic E-state index is 12.8. The number of carbonyl (C=O) groups is 1. The van der Waals surface area contributed by atoms with Crippen LogP contribution in [0.3, 0.4) is 0 Å². The predicted octanol–water partition coefficient (Wildman–Crippen LogP) is 4.78. The molecule has 0 saturated heterocycles. The maximum Gasteiger partial charge on any atom is 0.233 e. The fraction of sp³-hybridized carbons (Fsp3) is 0.304. The fourth-order valence-corrected chi connectivity index (χ4v) is 3.82. The van der Waals surface area contributed by atoms with Crippen molar-refractivity contribution < 1.29 is 14.3 Å². The van der Waals surface area contributed by atoms with Gasteiger partial charge >= 0.3 is 0 Å². The molecule has 0 aliphatic heterocycles. The van der Waals surface area contributed by atoms with Crippen LogP contribution in [0.15, 0.2) is 59.6 Å². The van der Waals surface area contributed by atoms with Crippen LogP contribution in [0.1, 0.15) is 19.4 Å². The normalized spacial score (nSPS) is 10.7. The SMILES string of the molecule is CCOc1ccc(CN(CC)C(=O)CSc2ccc3ccccc3n2)cc1OC. The number of benzene rings is 2. The van der Waals surface area contributed by atoms with E-state index in [0.29, 0.717) is 36.9 Å². The highest BCUT2D eigenvalue weighted by Gasteiger charge is 2.15. The Bertz CT molecular complexity index is 977. The van der Waals surface area contributed by atoms with Crippen LogP contribution >= 0.6 is 11.8 Å². The van der Waals surface area contributed by atoms with Crippen LogP contribution in [0, 0.1) is 0 Å². The molecule has 0 aliphatic rings. The molecule has 1 amide bonds. The van der Waals surface area contributed by atoms with Crippen molar-refractivity contribution in [1.29, 1.82) is 0 Å². The minimum Gasteiger partial charge on any atom is -0.493 e. The Hall–Kier alpha value is -2.73. The van der Waals surface area contributed by atoms with Crippen molar-refractivity contribution >= 4 is 28.6 Å². The van der Waals surface area contributed by atoms with Crippen molar-refractivity contribution in [2.24, 2.45) is 0 Å². The Morgan fingerprint density at radius 1 is 1.07 bits per heavy atom. The van der Waals surface area contributed by atoms with Gasteiger partial charge in [0.15, 0.2) is 11.5 Å². The maximum atomic E-state index is 12.8. The zero-order valence-corrected chi connectivity index (χ0v) is 17.9. The summed E-state index contributed by atoms with van der Waals surface area (Å²) in [5.41, 5.74) is 1.95. The van der Waals surface area contributed by atoms with E-state index in [1.807, 2.05) is 73.3 Å². The monoisotopic (exact) mass is 410 g/mol. The lowest BCUT2D eigenvalue weighted by atomic mass is 10.2. The highest BCUT2D eigenvalue weighted by Crippen LogP contribution is 2.28. The Morgan fingerprint density at radius 3 is 2.66 bits per heavy atom. The molecule has 6 heteroatoms. The number of rotatable bonds is 9. The number of nitrogens with zero attached hydrogens (tertiary/aromatic N) is 2. The number of hydrogen-bond donors (Lipinski definition) is 0. The van der Waals surface area contributed by atoms with Crippen molar-refractivity contribution in [3.63, 3.8) is 0 Å². The van der Waals surface area contributed by atoms with Gasteiger partial charge in [0.2, 0.25) is 5.91 Å². The molecule has 0 spiro atoms. The molecular weight excluding hydrogens is 384 g/mol. The molecular formula is C23H26N2O3S. The van der Waals surface area contributed by atoms with E-state index >= 15 is 0 Å². The molecule has 0 radical (unpaired) electrons. The Labute approximate surface area is 176 Å². The molecule has 0 bridgehead atoms. The van der Waals surface area contributed by atoms with E-state index in [0.717, 1.165) is 21.5 Å². The Morgan fingerprint density at radius 2 is 1.90 bits per heavy atom. The van der Waals surface area contributed by atoms with Gasteiger partial charge in [-0.25, -0.2) is 4.98 Å². The highest BCUT2D eigenvalue weighted by atomic mass is 32.2.